The summed E-state index contributed by atoms with van der Waals surface area (Å²) in [6.45, 7) is 13.7. The van der Waals surface area contributed by atoms with Crippen LogP contribution in [0.3, 0.4) is 0 Å². The monoisotopic (exact) mass is 355 g/mol. The number of fused-ring (bicyclic) bond motifs is 1. The van der Waals surface area contributed by atoms with E-state index in [1.54, 1.807) is 6.33 Å². The van der Waals surface area contributed by atoms with Gasteiger partial charge in [-0.25, -0.2) is 9.97 Å². The van der Waals surface area contributed by atoms with E-state index in [2.05, 4.69) is 51.2 Å². The molecule has 1 aliphatic carbocycles. The molecule has 1 saturated carbocycles. The third-order valence-corrected chi connectivity index (χ3v) is 5.91. The van der Waals surface area contributed by atoms with Gasteiger partial charge < -0.3 is 4.57 Å². The Kier molecular flexibility index (Phi) is 5.02. The second-order valence-corrected chi connectivity index (χ2v) is 9.33. The topological polar surface area (TPSA) is 37.2 Å². The van der Waals surface area contributed by atoms with Crippen molar-refractivity contribution in [2.45, 2.75) is 65.6 Å². The Bertz CT molecular complexity index is 730. The Balaban J connectivity index is 1.47. The first-order valence-electron chi connectivity index (χ1n) is 10.2. The Morgan fingerprint density at radius 2 is 1.81 bits per heavy atom. The molecule has 5 nitrogen and oxygen atoms in total. The highest BCUT2D eigenvalue weighted by Crippen LogP contribution is 2.27. The maximum Gasteiger partial charge on any atom is 0.143 e. The first kappa shape index (κ1) is 17.9. The number of hydrogen-bond acceptors (Lipinski definition) is 4. The maximum atomic E-state index is 4.57. The van der Waals surface area contributed by atoms with Gasteiger partial charge in [-0.3, -0.25) is 9.80 Å². The first-order chi connectivity index (χ1) is 12.5. The van der Waals surface area contributed by atoms with Gasteiger partial charge in [-0.05, 0) is 24.3 Å². The molecule has 2 aromatic rings. The second kappa shape index (κ2) is 7.28. The molecule has 0 bridgehead atoms. The molecule has 2 aromatic heterocycles. The fraction of sp³-hybridized carbons (Fsp3) is 0.714. The average Bonchev–Trinajstić information content (AvgIpc) is 3.24. The lowest BCUT2D eigenvalue weighted by Gasteiger charge is -2.38. The van der Waals surface area contributed by atoms with E-state index in [1.165, 1.54) is 57.6 Å². The lowest BCUT2D eigenvalue weighted by atomic mass is 9.97. The van der Waals surface area contributed by atoms with Crippen molar-refractivity contribution in [2.24, 2.45) is 5.41 Å². The summed E-state index contributed by atoms with van der Waals surface area (Å²) < 4.78 is 2.42. The van der Waals surface area contributed by atoms with Crippen molar-refractivity contribution in [3.05, 3.63) is 24.3 Å². The number of aromatic nitrogens is 3. The molecule has 5 heteroatoms. The van der Waals surface area contributed by atoms with Gasteiger partial charge in [-0.15, -0.1) is 0 Å². The van der Waals surface area contributed by atoms with Gasteiger partial charge in [0.1, 0.15) is 12.0 Å². The maximum absolute atomic E-state index is 4.57. The molecule has 3 heterocycles. The Morgan fingerprint density at radius 3 is 2.50 bits per heavy atom. The van der Waals surface area contributed by atoms with Gasteiger partial charge in [0.2, 0.25) is 0 Å². The zero-order valence-electron chi connectivity index (χ0n) is 16.6. The summed E-state index contributed by atoms with van der Waals surface area (Å²) in [4.78, 5) is 14.1. The van der Waals surface area contributed by atoms with E-state index in [0.29, 0.717) is 0 Å². The Labute approximate surface area is 157 Å². The molecule has 2 fully saturated rings. The highest BCUT2D eigenvalue weighted by molar-refractivity contribution is 5.76. The summed E-state index contributed by atoms with van der Waals surface area (Å²) >= 11 is 0. The minimum Gasteiger partial charge on any atom is -0.328 e. The van der Waals surface area contributed by atoms with Gasteiger partial charge in [0.25, 0.3) is 0 Å². The van der Waals surface area contributed by atoms with Crippen LogP contribution < -0.4 is 0 Å². The zero-order chi connectivity index (χ0) is 18.1. The second-order valence-electron chi connectivity index (χ2n) is 9.33. The number of piperazine rings is 1. The van der Waals surface area contributed by atoms with Crippen LogP contribution in [-0.2, 0) is 13.1 Å². The third-order valence-electron chi connectivity index (χ3n) is 5.91. The van der Waals surface area contributed by atoms with Crippen LogP contribution in [-0.4, -0.2) is 56.6 Å². The average molecular weight is 356 g/mol. The quantitative estimate of drug-likeness (QED) is 0.841. The van der Waals surface area contributed by atoms with Crippen LogP contribution in [0.25, 0.3) is 11.0 Å². The van der Waals surface area contributed by atoms with Gasteiger partial charge in [0.05, 0.1) is 0 Å². The van der Waals surface area contributed by atoms with Crippen LogP contribution in [0.5, 0.6) is 0 Å². The van der Waals surface area contributed by atoms with Crippen molar-refractivity contribution in [2.75, 3.05) is 26.2 Å². The van der Waals surface area contributed by atoms with Gasteiger partial charge in [-0.1, -0.05) is 33.6 Å². The van der Waals surface area contributed by atoms with Crippen LogP contribution in [0.4, 0.5) is 0 Å². The van der Waals surface area contributed by atoms with Crippen molar-refractivity contribution < 1.29 is 0 Å². The number of hydrogen-bond donors (Lipinski definition) is 0. The summed E-state index contributed by atoms with van der Waals surface area (Å²) in [6.07, 6.45) is 9.31. The van der Waals surface area contributed by atoms with Crippen molar-refractivity contribution in [1.29, 1.82) is 0 Å². The zero-order valence-corrected chi connectivity index (χ0v) is 16.6. The molecule has 142 valence electrons. The number of rotatable bonds is 4. The molecular weight excluding hydrogens is 322 g/mol. The Hall–Kier alpha value is -1.46. The molecule has 26 heavy (non-hydrogen) atoms. The van der Waals surface area contributed by atoms with E-state index in [9.17, 15) is 0 Å². The highest BCUT2D eigenvalue weighted by Gasteiger charge is 2.27. The highest BCUT2D eigenvalue weighted by atomic mass is 15.3. The summed E-state index contributed by atoms with van der Waals surface area (Å²) in [5, 5.41) is 1.16. The van der Waals surface area contributed by atoms with E-state index in [0.717, 1.165) is 30.2 Å². The molecule has 0 spiro atoms. The number of nitrogens with zero attached hydrogens (tertiary/aromatic N) is 5. The van der Waals surface area contributed by atoms with Gasteiger partial charge in [0, 0.05) is 62.6 Å². The predicted molar refractivity (Wildman–Crippen MR) is 106 cm³/mol. The lowest BCUT2D eigenvalue weighted by molar-refractivity contribution is 0.0920. The molecule has 0 atom stereocenters. The van der Waals surface area contributed by atoms with E-state index >= 15 is 0 Å². The van der Waals surface area contributed by atoms with E-state index < -0.39 is 0 Å². The minimum atomic E-state index is 0.229. The molecule has 0 amide bonds. The largest absolute Gasteiger partial charge is 0.328 e. The van der Waals surface area contributed by atoms with Crippen LogP contribution in [0.2, 0.25) is 0 Å². The molecule has 1 aliphatic heterocycles. The molecule has 0 N–H and O–H groups in total. The summed E-state index contributed by atoms with van der Waals surface area (Å²) in [5.74, 6) is 0. The van der Waals surface area contributed by atoms with Gasteiger partial charge in [-0.2, -0.15) is 0 Å². The minimum absolute atomic E-state index is 0.229. The standard InChI is InChI=1S/C21H33N5/c1-21(2,3)15-26-19(12-17-13-22-16-23-20(17)26)14-24-8-10-25(11-9-24)18-6-4-5-7-18/h12-13,16,18H,4-11,14-15H2,1-3H3. The fourth-order valence-electron chi connectivity index (χ4n) is 4.62. The molecule has 0 unspecified atom stereocenters. The van der Waals surface area contributed by atoms with Crippen LogP contribution in [0.1, 0.15) is 52.1 Å². The van der Waals surface area contributed by atoms with E-state index in [-0.39, 0.29) is 5.41 Å². The van der Waals surface area contributed by atoms with E-state index in [1.807, 2.05) is 6.20 Å². The normalized spacial score (nSPS) is 21.0. The predicted octanol–water partition coefficient (Wildman–Crippen LogP) is 3.54. The molecular formula is C21H33N5. The lowest BCUT2D eigenvalue weighted by Crippen LogP contribution is -2.49. The van der Waals surface area contributed by atoms with Crippen molar-refractivity contribution >= 4 is 11.0 Å². The summed E-state index contributed by atoms with van der Waals surface area (Å²) in [6, 6.07) is 3.16. The molecule has 0 aromatic carbocycles. The van der Waals surface area contributed by atoms with Crippen molar-refractivity contribution in [3.63, 3.8) is 0 Å². The molecule has 4 rings (SSSR count). The Morgan fingerprint density at radius 1 is 1.08 bits per heavy atom. The first-order valence-corrected chi connectivity index (χ1v) is 10.2. The SMILES string of the molecule is CC(C)(C)Cn1c(CN2CCN(C3CCCC3)CC2)cc2cncnc21. The van der Waals surface area contributed by atoms with Crippen molar-refractivity contribution in [3.8, 4) is 0 Å². The molecule has 0 radical (unpaired) electrons. The van der Waals surface area contributed by atoms with Crippen LogP contribution in [0.15, 0.2) is 18.6 Å². The fourth-order valence-corrected chi connectivity index (χ4v) is 4.62. The van der Waals surface area contributed by atoms with E-state index in [4.69, 9.17) is 0 Å². The van der Waals surface area contributed by atoms with Gasteiger partial charge in [0.15, 0.2) is 0 Å². The molecule has 2 aliphatic rings. The van der Waals surface area contributed by atoms with Gasteiger partial charge >= 0.3 is 0 Å². The third kappa shape index (κ3) is 3.94. The van der Waals surface area contributed by atoms with Crippen LogP contribution in [0, 0.1) is 5.41 Å². The smallest absolute Gasteiger partial charge is 0.143 e. The summed E-state index contributed by atoms with van der Waals surface area (Å²) in [7, 11) is 0. The molecule has 1 saturated heterocycles. The summed E-state index contributed by atoms with van der Waals surface area (Å²) in [5.41, 5.74) is 2.69. The van der Waals surface area contributed by atoms with Crippen molar-refractivity contribution in [1.82, 2.24) is 24.3 Å². The van der Waals surface area contributed by atoms with Crippen LogP contribution >= 0.6 is 0 Å².